The molecule has 13 nitrogen and oxygen atoms in total. The number of anilines is 1. The van der Waals surface area contributed by atoms with Gasteiger partial charge in [-0.1, -0.05) is 24.6 Å². The van der Waals surface area contributed by atoms with Gasteiger partial charge in [-0.3, -0.25) is 29.0 Å². The van der Waals surface area contributed by atoms with E-state index < -0.39 is 55.0 Å². The van der Waals surface area contributed by atoms with Crippen molar-refractivity contribution >= 4 is 46.0 Å². The number of carbonyl (C=O) groups excluding carboxylic acids is 5. The molecule has 1 aromatic heterocycles. The maximum absolute atomic E-state index is 14.5. The van der Waals surface area contributed by atoms with Crippen molar-refractivity contribution in [3.8, 4) is 11.5 Å². The molecule has 2 aliphatic heterocycles. The standard InChI is InChI=1S/C36H42F2N6O7/c1-50-28-12-11-23(18-29(28)51-2)20-40-35(49)33(47)27-19-36(37,38)22-44(27)31(46)21-41-34(48)25-13-14-39-32-24(25)8-6-9-26(32)42-30(45)10-7-17-43-15-4-3-5-16-43/h6,8-9,11-14,18,27H,3-5,7,10,15-17,19-22H2,1-2H3,(H,40,49)(H,41,48)(H,42,45)/t27-/m0/s1. The molecule has 2 aliphatic rings. The number of pyridine rings is 1. The molecule has 3 aromatic rings. The average molecular weight is 709 g/mol. The van der Waals surface area contributed by atoms with Gasteiger partial charge in [0, 0.05) is 31.0 Å². The van der Waals surface area contributed by atoms with Gasteiger partial charge in [0.2, 0.25) is 17.6 Å². The molecule has 3 heterocycles. The first-order valence-corrected chi connectivity index (χ1v) is 16.9. The summed E-state index contributed by atoms with van der Waals surface area (Å²) in [6.07, 6.45) is 4.99. The molecule has 0 aliphatic carbocycles. The van der Waals surface area contributed by atoms with Gasteiger partial charge in [-0.25, -0.2) is 8.78 Å². The van der Waals surface area contributed by atoms with E-state index in [1.165, 1.54) is 45.7 Å². The monoisotopic (exact) mass is 708 g/mol. The van der Waals surface area contributed by atoms with Crippen LogP contribution in [0.15, 0.2) is 48.7 Å². The van der Waals surface area contributed by atoms with Crippen LogP contribution in [0.2, 0.25) is 0 Å². The number of Topliss-reactive ketones (excluding diaryl/α,β-unsaturated/α-hetero) is 1. The molecule has 2 saturated heterocycles. The number of benzene rings is 2. The SMILES string of the molecule is COc1ccc(CNC(=O)C(=O)[C@@H]2CC(F)(F)CN2C(=O)CNC(=O)c2ccnc3c(NC(=O)CCCN4CCCCC4)cccc23)cc1OC. The predicted octanol–water partition coefficient (Wildman–Crippen LogP) is 3.31. The molecular formula is C36H42F2N6O7. The quantitative estimate of drug-likeness (QED) is 0.214. The minimum absolute atomic E-state index is 0.109. The van der Waals surface area contributed by atoms with Crippen molar-refractivity contribution < 1.29 is 42.2 Å². The first-order valence-electron chi connectivity index (χ1n) is 16.9. The molecule has 0 radical (unpaired) electrons. The summed E-state index contributed by atoms with van der Waals surface area (Å²) in [5.74, 6) is -6.73. The average Bonchev–Trinajstić information content (AvgIpc) is 3.47. The second-order valence-electron chi connectivity index (χ2n) is 12.6. The molecule has 0 saturated carbocycles. The van der Waals surface area contributed by atoms with Crippen LogP contribution >= 0.6 is 0 Å². The molecular weight excluding hydrogens is 666 g/mol. The van der Waals surface area contributed by atoms with Gasteiger partial charge >= 0.3 is 0 Å². The summed E-state index contributed by atoms with van der Waals surface area (Å²) in [6.45, 7) is 1.05. The van der Waals surface area contributed by atoms with Crippen LogP contribution in [0.5, 0.6) is 11.5 Å². The van der Waals surface area contributed by atoms with E-state index in [2.05, 4.69) is 25.8 Å². The van der Waals surface area contributed by atoms with E-state index in [9.17, 15) is 32.8 Å². The van der Waals surface area contributed by atoms with Crippen LogP contribution in [-0.2, 0) is 25.7 Å². The third kappa shape index (κ3) is 9.34. The molecule has 2 fully saturated rings. The zero-order valence-electron chi connectivity index (χ0n) is 28.6. The summed E-state index contributed by atoms with van der Waals surface area (Å²) in [5.41, 5.74) is 1.49. The Bertz CT molecular complexity index is 1780. The van der Waals surface area contributed by atoms with E-state index in [4.69, 9.17) is 9.47 Å². The number of amides is 4. The minimum Gasteiger partial charge on any atom is -0.493 e. The van der Waals surface area contributed by atoms with Gasteiger partial charge in [0.05, 0.1) is 44.1 Å². The first kappa shape index (κ1) is 37.1. The van der Waals surface area contributed by atoms with Crippen LogP contribution in [0.4, 0.5) is 14.5 Å². The van der Waals surface area contributed by atoms with Gasteiger partial charge in [0.1, 0.15) is 6.04 Å². The van der Waals surface area contributed by atoms with E-state index in [-0.39, 0.29) is 18.0 Å². The van der Waals surface area contributed by atoms with Crippen molar-refractivity contribution in [1.82, 2.24) is 25.4 Å². The van der Waals surface area contributed by atoms with E-state index >= 15 is 0 Å². The smallest absolute Gasteiger partial charge is 0.289 e. The number of likely N-dealkylation sites (tertiary alicyclic amines) is 2. The van der Waals surface area contributed by atoms with Crippen LogP contribution in [0.25, 0.3) is 10.9 Å². The highest BCUT2D eigenvalue weighted by Gasteiger charge is 2.51. The fraction of sp³-hybridized carbons (Fsp3) is 0.444. The molecule has 0 bridgehead atoms. The number of fused-ring (bicyclic) bond motifs is 1. The number of piperidine rings is 1. The summed E-state index contributed by atoms with van der Waals surface area (Å²) in [6, 6.07) is 9.53. The summed E-state index contributed by atoms with van der Waals surface area (Å²) in [7, 11) is 2.90. The van der Waals surface area contributed by atoms with E-state index in [1.54, 1.807) is 36.4 Å². The van der Waals surface area contributed by atoms with Gasteiger partial charge < -0.3 is 35.2 Å². The molecule has 2 aromatic carbocycles. The number of para-hydroxylation sites is 1. The normalized spacial score (nSPS) is 17.1. The number of nitrogens with one attached hydrogen (secondary N) is 3. The number of ether oxygens (including phenoxy) is 2. The van der Waals surface area contributed by atoms with Crippen LogP contribution in [0.1, 0.15) is 54.4 Å². The summed E-state index contributed by atoms with van der Waals surface area (Å²) < 4.78 is 39.5. The summed E-state index contributed by atoms with van der Waals surface area (Å²) >= 11 is 0. The summed E-state index contributed by atoms with van der Waals surface area (Å²) in [4.78, 5) is 72.3. The molecule has 4 amide bonds. The zero-order chi connectivity index (χ0) is 36.5. The molecule has 0 unspecified atom stereocenters. The fourth-order valence-electron chi connectivity index (χ4n) is 6.41. The minimum atomic E-state index is -3.42. The predicted molar refractivity (Wildman–Crippen MR) is 184 cm³/mol. The van der Waals surface area contributed by atoms with Gasteiger partial charge in [-0.05, 0) is 68.7 Å². The largest absolute Gasteiger partial charge is 0.493 e. The lowest BCUT2D eigenvalue weighted by Gasteiger charge is -2.26. The number of methoxy groups -OCH3 is 2. The number of alkyl halides is 2. The second-order valence-corrected chi connectivity index (χ2v) is 12.6. The third-order valence-corrected chi connectivity index (χ3v) is 9.03. The Labute approximate surface area is 294 Å². The number of nitrogens with zero attached hydrogens (tertiary/aromatic N) is 3. The maximum atomic E-state index is 14.5. The molecule has 272 valence electrons. The Kier molecular flexibility index (Phi) is 12.1. The van der Waals surface area contributed by atoms with Gasteiger partial charge in [-0.2, -0.15) is 0 Å². The molecule has 3 N–H and O–H groups in total. The second kappa shape index (κ2) is 16.7. The van der Waals surface area contributed by atoms with Crippen LogP contribution in [-0.4, -0.2) is 103 Å². The van der Waals surface area contributed by atoms with Gasteiger partial charge in [-0.15, -0.1) is 0 Å². The zero-order valence-corrected chi connectivity index (χ0v) is 28.6. The van der Waals surface area contributed by atoms with Crippen molar-refractivity contribution in [3.05, 3.63) is 59.8 Å². The Morgan fingerprint density at radius 2 is 1.73 bits per heavy atom. The Morgan fingerprint density at radius 1 is 0.961 bits per heavy atom. The molecule has 15 heteroatoms. The van der Waals surface area contributed by atoms with Crippen molar-refractivity contribution in [3.63, 3.8) is 0 Å². The van der Waals surface area contributed by atoms with Gasteiger partial charge in [0.15, 0.2) is 11.5 Å². The number of aromatic nitrogens is 1. The molecule has 0 spiro atoms. The molecule has 5 rings (SSSR count). The van der Waals surface area contributed by atoms with E-state index in [0.717, 1.165) is 19.6 Å². The lowest BCUT2D eigenvalue weighted by Crippen LogP contribution is -2.49. The van der Waals surface area contributed by atoms with Crippen LogP contribution < -0.4 is 25.4 Å². The van der Waals surface area contributed by atoms with Crippen molar-refractivity contribution in [1.29, 1.82) is 0 Å². The van der Waals surface area contributed by atoms with Gasteiger partial charge in [0.25, 0.3) is 17.7 Å². The summed E-state index contributed by atoms with van der Waals surface area (Å²) in [5, 5.41) is 8.13. The highest BCUT2D eigenvalue weighted by Crippen LogP contribution is 2.33. The number of ketones is 1. The number of hydrogen-bond acceptors (Lipinski definition) is 9. The van der Waals surface area contributed by atoms with Crippen LogP contribution in [0, 0.1) is 0 Å². The van der Waals surface area contributed by atoms with Crippen molar-refractivity contribution in [2.24, 2.45) is 0 Å². The van der Waals surface area contributed by atoms with E-state index in [1.807, 2.05) is 0 Å². The maximum Gasteiger partial charge on any atom is 0.289 e. The first-order chi connectivity index (χ1) is 24.5. The van der Waals surface area contributed by atoms with Crippen molar-refractivity contribution in [2.75, 3.05) is 52.3 Å². The topological polar surface area (TPSA) is 159 Å². The van der Waals surface area contributed by atoms with Crippen LogP contribution in [0.3, 0.4) is 0 Å². The third-order valence-electron chi connectivity index (χ3n) is 9.03. The number of hydrogen-bond donors (Lipinski definition) is 3. The Hall–Kier alpha value is -5.18. The highest BCUT2D eigenvalue weighted by molar-refractivity contribution is 6.38. The van der Waals surface area contributed by atoms with Crippen molar-refractivity contribution in [2.45, 2.75) is 57.0 Å². The van der Waals surface area contributed by atoms with E-state index in [0.29, 0.717) is 51.4 Å². The number of rotatable bonds is 14. The molecule has 51 heavy (non-hydrogen) atoms. The molecule has 1 atom stereocenters. The number of carbonyl (C=O) groups is 5. The number of halogens is 2. The Morgan fingerprint density at radius 3 is 2.47 bits per heavy atom. The lowest BCUT2D eigenvalue weighted by atomic mass is 10.1. The fourth-order valence-corrected chi connectivity index (χ4v) is 6.41. The Balaban J connectivity index is 1.18. The lowest BCUT2D eigenvalue weighted by molar-refractivity contribution is -0.144. The highest BCUT2D eigenvalue weighted by atomic mass is 19.3.